The smallest absolute Gasteiger partial charge is 0.358 e. The van der Waals surface area contributed by atoms with Gasteiger partial charge in [0.25, 0.3) is 0 Å². The summed E-state index contributed by atoms with van der Waals surface area (Å²) in [6.07, 6.45) is -2.17. The van der Waals surface area contributed by atoms with Gasteiger partial charge in [-0.25, -0.2) is 9.59 Å². The molecule has 18 nitrogen and oxygen atoms in total. The number of hydrogen-bond donors (Lipinski definition) is 2. The van der Waals surface area contributed by atoms with Crippen molar-refractivity contribution in [1.29, 1.82) is 0 Å². The van der Waals surface area contributed by atoms with Crippen LogP contribution in [0.15, 0.2) is 31.2 Å². The molecule has 0 saturated carbocycles. The van der Waals surface area contributed by atoms with Crippen molar-refractivity contribution in [2.45, 2.75) is 104 Å². The SMILES string of the molecule is C[C@@H](O)[C@H]1C(=O)N2C(C(=O)O[C@H](C)[C@@H](C(=O)OCOC(=O)C(C)(C)C)[C@@H]3NC(C(=O)OCOC(=O)C(C)(C)C)=C(SC4CN(C5=NCCS5)C4)[C@@H]3C)=C(SC3CN(C4=NCCS4)C3)[C@H](C)[C@H]12. The van der Waals surface area contributed by atoms with Crippen LogP contribution in [0.3, 0.4) is 0 Å². The number of carbonyl (C=O) groups is 6. The van der Waals surface area contributed by atoms with Crippen LogP contribution in [-0.2, 0) is 52.5 Å². The van der Waals surface area contributed by atoms with Crippen molar-refractivity contribution < 1.29 is 57.6 Å². The number of rotatable bonds is 15. The molecule has 0 spiro atoms. The molecule has 0 bridgehead atoms. The van der Waals surface area contributed by atoms with Gasteiger partial charge in [-0.2, -0.15) is 0 Å². The van der Waals surface area contributed by atoms with Gasteiger partial charge in [0.1, 0.15) is 23.4 Å². The van der Waals surface area contributed by atoms with E-state index in [1.54, 1.807) is 78.9 Å². The van der Waals surface area contributed by atoms with Crippen LogP contribution in [0.4, 0.5) is 0 Å². The molecule has 0 radical (unpaired) electrons. The maximum atomic E-state index is 14.7. The van der Waals surface area contributed by atoms with Crippen LogP contribution in [0.2, 0.25) is 0 Å². The number of aliphatic hydroxyl groups excluding tert-OH is 1. The van der Waals surface area contributed by atoms with Gasteiger partial charge >= 0.3 is 29.8 Å². The highest BCUT2D eigenvalue weighted by Crippen LogP contribution is 2.53. The second kappa shape index (κ2) is 20.2. The lowest BCUT2D eigenvalue weighted by atomic mass is 9.79. The third-order valence-corrected chi connectivity index (χ3v) is 17.4. The van der Waals surface area contributed by atoms with Gasteiger partial charge in [0, 0.05) is 69.8 Å². The summed E-state index contributed by atoms with van der Waals surface area (Å²) in [6, 6.07) is -1.38. The number of amidine groups is 2. The standard InChI is InChI=1S/C44H62N6O12S4/c1-21-29(47-30(37(54)59-20-61-40(57)44(8,9)10)33(21)65-25-15-48(16-25)41-45-11-13-63-41)28(36(53)58-19-60-39(56)43(5,6)7)24(4)62-38(55)32-34(22(2)31-27(23(3)51)35(52)50(31)32)66-26-17-49(18-26)42-46-12-14-64-42/h21-29,31,47,51H,11-20H2,1-10H3/t21-,22-,23-,24-,27-,28-,29-,31-/m1/s1. The van der Waals surface area contributed by atoms with Crippen molar-refractivity contribution in [3.8, 4) is 0 Å². The molecule has 0 aromatic carbocycles. The quantitative estimate of drug-likeness (QED) is 0.104. The second-order valence-corrected chi connectivity index (χ2v) is 24.4. The third-order valence-electron chi connectivity index (χ3n) is 12.4. The lowest BCUT2D eigenvalue weighted by Gasteiger charge is -2.46. The van der Waals surface area contributed by atoms with Crippen LogP contribution in [0.25, 0.3) is 0 Å². The number of likely N-dealkylation sites (tertiary alicyclic amines) is 2. The molecule has 2 N–H and O–H groups in total. The molecule has 22 heteroatoms. The van der Waals surface area contributed by atoms with Gasteiger partial charge in [0.05, 0.1) is 48.0 Å². The lowest BCUT2D eigenvalue weighted by Crippen LogP contribution is -2.63. The van der Waals surface area contributed by atoms with Crippen LogP contribution < -0.4 is 5.32 Å². The van der Waals surface area contributed by atoms with Crippen molar-refractivity contribution in [3.63, 3.8) is 0 Å². The zero-order chi connectivity index (χ0) is 48.0. The summed E-state index contributed by atoms with van der Waals surface area (Å²) in [6.45, 7) is 19.9. The Morgan fingerprint density at radius 1 is 0.773 bits per heavy atom. The van der Waals surface area contributed by atoms with E-state index in [1.165, 1.54) is 28.4 Å². The van der Waals surface area contributed by atoms with E-state index in [0.29, 0.717) is 36.0 Å². The molecule has 7 heterocycles. The Bertz CT molecular complexity index is 2090. The van der Waals surface area contributed by atoms with Gasteiger partial charge in [0.15, 0.2) is 10.3 Å². The summed E-state index contributed by atoms with van der Waals surface area (Å²) in [4.78, 5) is 98.1. The molecule has 364 valence electrons. The lowest BCUT2D eigenvalue weighted by molar-refractivity contribution is -0.181. The summed E-state index contributed by atoms with van der Waals surface area (Å²) >= 11 is 6.41. The Labute approximate surface area is 402 Å². The van der Waals surface area contributed by atoms with Crippen LogP contribution in [0, 0.1) is 34.5 Å². The van der Waals surface area contributed by atoms with Crippen molar-refractivity contribution in [2.75, 3.05) is 64.4 Å². The first kappa shape index (κ1) is 50.3. The largest absolute Gasteiger partial charge is 0.457 e. The highest BCUT2D eigenvalue weighted by Gasteiger charge is 2.61. The normalized spacial score (nSPS) is 26.9. The molecule has 3 saturated heterocycles. The van der Waals surface area contributed by atoms with E-state index in [4.69, 9.17) is 23.7 Å². The monoisotopic (exact) mass is 994 g/mol. The fourth-order valence-electron chi connectivity index (χ4n) is 8.68. The van der Waals surface area contributed by atoms with E-state index < -0.39 is 96.3 Å². The van der Waals surface area contributed by atoms with E-state index in [2.05, 4.69) is 25.1 Å². The number of β-lactam (4-membered cyclic amide) rings is 1. The number of esters is 5. The highest BCUT2D eigenvalue weighted by molar-refractivity contribution is 8.14. The number of nitrogens with one attached hydrogen (secondary N) is 1. The van der Waals surface area contributed by atoms with Gasteiger partial charge in [0.2, 0.25) is 19.5 Å². The summed E-state index contributed by atoms with van der Waals surface area (Å²) in [7, 11) is 0. The molecule has 7 aliphatic rings. The number of hydrogen-bond acceptors (Lipinski definition) is 21. The van der Waals surface area contributed by atoms with E-state index in [9.17, 15) is 33.9 Å². The van der Waals surface area contributed by atoms with Gasteiger partial charge in [-0.15, -0.1) is 23.5 Å². The van der Waals surface area contributed by atoms with Crippen LogP contribution >= 0.6 is 47.0 Å². The van der Waals surface area contributed by atoms with Gasteiger partial charge < -0.3 is 48.8 Å². The van der Waals surface area contributed by atoms with Crippen LogP contribution in [-0.4, -0.2) is 165 Å². The fourth-order valence-corrected chi connectivity index (χ4v) is 13.4. The molecule has 0 aromatic rings. The minimum absolute atomic E-state index is 0.0539. The van der Waals surface area contributed by atoms with Crippen molar-refractivity contribution in [3.05, 3.63) is 21.2 Å². The van der Waals surface area contributed by atoms with Gasteiger partial charge in [-0.3, -0.25) is 29.2 Å². The average Bonchev–Trinajstić information content (AvgIpc) is 4.02. The van der Waals surface area contributed by atoms with E-state index in [-0.39, 0.29) is 33.7 Å². The highest BCUT2D eigenvalue weighted by atomic mass is 32.2. The Balaban J connectivity index is 1.14. The summed E-state index contributed by atoms with van der Waals surface area (Å²) in [5.74, 6) is -5.05. The number of amides is 1. The number of fused-ring (bicyclic) bond motifs is 1. The van der Waals surface area contributed by atoms with E-state index >= 15 is 0 Å². The molecule has 0 unspecified atom stereocenters. The zero-order valence-electron chi connectivity index (χ0n) is 39.2. The Morgan fingerprint density at radius 3 is 1.77 bits per heavy atom. The minimum atomic E-state index is -1.30. The number of ether oxygens (including phenoxy) is 5. The second-order valence-electron chi connectivity index (χ2n) is 19.6. The summed E-state index contributed by atoms with van der Waals surface area (Å²) in [5.41, 5.74) is -1.58. The van der Waals surface area contributed by atoms with Crippen molar-refractivity contribution >= 4 is 93.1 Å². The first-order valence-corrected chi connectivity index (χ1v) is 26.1. The van der Waals surface area contributed by atoms with Crippen molar-refractivity contribution in [2.24, 2.45) is 44.5 Å². The molecule has 1 amide bonds. The number of aliphatic hydroxyl groups is 1. The van der Waals surface area contributed by atoms with Crippen molar-refractivity contribution in [1.82, 2.24) is 20.0 Å². The van der Waals surface area contributed by atoms with Gasteiger partial charge in [-0.1, -0.05) is 37.4 Å². The van der Waals surface area contributed by atoms with Crippen LogP contribution in [0.1, 0.15) is 69.2 Å². The first-order valence-electron chi connectivity index (χ1n) is 22.4. The number of thioether (sulfide) groups is 4. The first-order chi connectivity index (χ1) is 31.1. The minimum Gasteiger partial charge on any atom is -0.457 e. The number of nitrogens with zero attached hydrogens (tertiary/aromatic N) is 5. The molecule has 0 aliphatic carbocycles. The number of aliphatic imine (C=N–C) groups is 2. The molecular weight excluding hydrogens is 933 g/mol. The van der Waals surface area contributed by atoms with E-state index in [0.717, 1.165) is 34.9 Å². The fraction of sp³-hybridized carbons (Fsp3) is 0.727. The molecule has 8 atom stereocenters. The maximum absolute atomic E-state index is 14.7. The summed E-state index contributed by atoms with van der Waals surface area (Å²) in [5, 5.41) is 16.0. The molecule has 3 fully saturated rings. The maximum Gasteiger partial charge on any atom is 0.358 e. The molecule has 7 rings (SSSR count). The molecule has 66 heavy (non-hydrogen) atoms. The van der Waals surface area contributed by atoms with Crippen LogP contribution in [0.5, 0.6) is 0 Å². The van der Waals surface area contributed by atoms with Gasteiger partial charge in [-0.05, 0) is 55.4 Å². The number of carbonyl (C=O) groups excluding carboxylic acids is 6. The molecule has 0 aromatic heterocycles. The predicted molar refractivity (Wildman–Crippen MR) is 253 cm³/mol. The Kier molecular flexibility index (Phi) is 15.4. The molecular formula is C44H62N6O12S4. The van der Waals surface area contributed by atoms with E-state index in [1.807, 2.05) is 13.8 Å². The topological polar surface area (TPSA) is 215 Å². The Morgan fingerprint density at radius 2 is 1.29 bits per heavy atom. The zero-order valence-corrected chi connectivity index (χ0v) is 42.4. The Hall–Kier alpha value is -3.60. The average molecular weight is 995 g/mol. The third kappa shape index (κ3) is 10.5. The predicted octanol–water partition coefficient (Wildman–Crippen LogP) is 3.64. The summed E-state index contributed by atoms with van der Waals surface area (Å²) < 4.78 is 27.9. The molecule has 7 aliphatic heterocycles.